The summed E-state index contributed by atoms with van der Waals surface area (Å²) >= 11 is 0. The van der Waals surface area contributed by atoms with Crippen molar-refractivity contribution in [1.29, 1.82) is 0 Å². The van der Waals surface area contributed by atoms with Gasteiger partial charge in [0.15, 0.2) is 5.11 Å². The maximum absolute atomic E-state index is 11.2. The molecule has 2 aromatic rings. The zero-order chi connectivity index (χ0) is 14.2. The number of nitrogens with one attached hydrogen (secondary N) is 2. The Bertz CT molecular complexity index is 614. The van der Waals surface area contributed by atoms with Gasteiger partial charge in [-0.15, -0.1) is 0 Å². The van der Waals surface area contributed by atoms with Crippen LogP contribution in [0.15, 0.2) is 60.7 Å². The van der Waals surface area contributed by atoms with Gasteiger partial charge in [-0.3, -0.25) is 10.6 Å². The first-order valence-electron chi connectivity index (χ1n) is 6.27. The molecule has 4 nitrogen and oxygen atoms in total. The quantitative estimate of drug-likeness (QED) is 0.838. The van der Waals surface area contributed by atoms with Crippen molar-refractivity contribution in [3.8, 4) is 0 Å². The van der Waals surface area contributed by atoms with Crippen LogP contribution >= 0.6 is 0 Å². The van der Waals surface area contributed by atoms with Gasteiger partial charge in [-0.1, -0.05) is 60.7 Å². The highest BCUT2D eigenvalue weighted by Gasteiger charge is 2.01. The van der Waals surface area contributed by atoms with Crippen molar-refractivity contribution in [1.82, 2.24) is 10.6 Å². The highest BCUT2D eigenvalue weighted by atomic mass is 32.2. The normalized spacial score (nSPS) is 10.2. The van der Waals surface area contributed by atoms with Crippen LogP contribution in [0.5, 0.6) is 0 Å². The van der Waals surface area contributed by atoms with E-state index in [9.17, 15) is 8.42 Å². The molecule has 0 heterocycles. The van der Waals surface area contributed by atoms with Gasteiger partial charge in [-0.2, -0.15) is 8.42 Å². The summed E-state index contributed by atoms with van der Waals surface area (Å²) in [7, 11) is -2.31. The molecule has 0 atom stereocenters. The van der Waals surface area contributed by atoms with E-state index in [2.05, 4.69) is 10.6 Å². The molecule has 2 rings (SSSR count). The van der Waals surface area contributed by atoms with Gasteiger partial charge in [0.2, 0.25) is 10.3 Å². The summed E-state index contributed by atoms with van der Waals surface area (Å²) in [5.41, 5.74) is 2.05. The molecule has 0 bridgehead atoms. The second-order valence-electron chi connectivity index (χ2n) is 4.24. The molecule has 104 valence electrons. The van der Waals surface area contributed by atoms with Crippen LogP contribution < -0.4 is 10.6 Å². The molecule has 0 aliphatic rings. The number of benzene rings is 2. The number of rotatable bonds is 4. The summed E-state index contributed by atoms with van der Waals surface area (Å²) in [6.45, 7) is 0.928. The van der Waals surface area contributed by atoms with E-state index in [4.69, 9.17) is 0 Å². The fraction of sp³-hybridized carbons (Fsp3) is 0.133. The molecular formula is C15H16N2O2S. The van der Waals surface area contributed by atoms with Gasteiger partial charge in [0.1, 0.15) is 0 Å². The average Bonchev–Trinajstić information content (AvgIpc) is 2.49. The molecule has 0 saturated carbocycles. The zero-order valence-electron chi connectivity index (χ0n) is 10.9. The van der Waals surface area contributed by atoms with E-state index in [-0.39, 0.29) is 5.11 Å². The number of hydrogen-bond acceptors (Lipinski definition) is 2. The monoisotopic (exact) mass is 288 g/mol. The van der Waals surface area contributed by atoms with Crippen LogP contribution in [0, 0.1) is 0 Å². The fourth-order valence-corrected chi connectivity index (χ4v) is 2.12. The Kier molecular flexibility index (Phi) is 5.49. The second kappa shape index (κ2) is 7.59. The molecule has 0 radical (unpaired) electrons. The van der Waals surface area contributed by atoms with Gasteiger partial charge in [0.05, 0.1) is 0 Å². The second-order valence-corrected chi connectivity index (χ2v) is 5.12. The van der Waals surface area contributed by atoms with Crippen molar-refractivity contribution in [3.05, 3.63) is 71.8 Å². The van der Waals surface area contributed by atoms with Gasteiger partial charge in [-0.05, 0) is 11.1 Å². The maximum atomic E-state index is 11.2. The van der Waals surface area contributed by atoms with Crippen molar-refractivity contribution < 1.29 is 8.42 Å². The van der Waals surface area contributed by atoms with Crippen molar-refractivity contribution >= 4 is 15.4 Å². The van der Waals surface area contributed by atoms with Crippen LogP contribution in [0.1, 0.15) is 11.1 Å². The van der Waals surface area contributed by atoms with Gasteiger partial charge < -0.3 is 0 Å². The highest BCUT2D eigenvalue weighted by molar-refractivity contribution is 7.72. The lowest BCUT2D eigenvalue weighted by Crippen LogP contribution is -2.37. The lowest BCUT2D eigenvalue weighted by Gasteiger charge is -2.07. The smallest absolute Gasteiger partial charge is 0.244 e. The Morgan fingerprint density at radius 1 is 0.750 bits per heavy atom. The summed E-state index contributed by atoms with van der Waals surface area (Å²) in [6.07, 6.45) is 0. The van der Waals surface area contributed by atoms with E-state index in [0.717, 1.165) is 11.1 Å². The van der Waals surface area contributed by atoms with Crippen LogP contribution in [-0.2, 0) is 23.4 Å². The summed E-state index contributed by atoms with van der Waals surface area (Å²) in [4.78, 5) is 0. The standard InChI is InChI=1S/C15H16N2O2S/c18-20(19)15(16-11-13-7-3-1-4-8-13)17-12-14-9-5-2-6-10-14/h1-10,16-17H,11-12H2. The first-order valence-corrected chi connectivity index (χ1v) is 7.35. The Morgan fingerprint density at radius 2 is 1.15 bits per heavy atom. The molecule has 2 aromatic carbocycles. The van der Waals surface area contributed by atoms with Gasteiger partial charge in [0.25, 0.3) is 0 Å². The molecule has 2 N–H and O–H groups in total. The summed E-state index contributed by atoms with van der Waals surface area (Å²) in [5, 5.41) is 5.91. The minimum Gasteiger partial charge on any atom is -0.262 e. The van der Waals surface area contributed by atoms with Crippen LogP contribution in [0.4, 0.5) is 0 Å². The molecule has 0 saturated heterocycles. The largest absolute Gasteiger partial charge is 0.262 e. The Labute approximate surface area is 120 Å². The molecule has 0 aliphatic carbocycles. The minimum absolute atomic E-state index is 0.109. The summed E-state index contributed by atoms with van der Waals surface area (Å²) in [5.74, 6) is 0. The van der Waals surface area contributed by atoms with E-state index in [1.165, 1.54) is 0 Å². The van der Waals surface area contributed by atoms with Gasteiger partial charge >= 0.3 is 0 Å². The van der Waals surface area contributed by atoms with Crippen LogP contribution in [0.25, 0.3) is 0 Å². The Morgan fingerprint density at radius 3 is 1.50 bits per heavy atom. The Balaban J connectivity index is 1.94. The average molecular weight is 288 g/mol. The van der Waals surface area contributed by atoms with Crippen molar-refractivity contribution in [2.45, 2.75) is 13.1 Å². The molecule has 5 heteroatoms. The van der Waals surface area contributed by atoms with Crippen molar-refractivity contribution in [2.24, 2.45) is 0 Å². The lowest BCUT2D eigenvalue weighted by molar-refractivity contribution is 0.624. The topological polar surface area (TPSA) is 58.2 Å². The molecule has 0 aromatic heterocycles. The highest BCUT2D eigenvalue weighted by Crippen LogP contribution is 1.98. The third-order valence-corrected chi connectivity index (χ3v) is 3.38. The lowest BCUT2D eigenvalue weighted by atomic mass is 10.2. The van der Waals surface area contributed by atoms with Crippen molar-refractivity contribution in [2.75, 3.05) is 0 Å². The Hall–Kier alpha value is -1.95. The number of hydrogen-bond donors (Lipinski definition) is 2. The third kappa shape index (κ3) is 4.62. The summed E-state index contributed by atoms with van der Waals surface area (Å²) < 4.78 is 22.4. The van der Waals surface area contributed by atoms with E-state index in [1.54, 1.807) is 0 Å². The minimum atomic E-state index is -2.31. The SMILES string of the molecule is O=S(=O)=C(NCc1ccccc1)NCc1ccccc1. The van der Waals surface area contributed by atoms with E-state index in [0.29, 0.717) is 13.1 Å². The summed E-state index contributed by atoms with van der Waals surface area (Å²) in [6, 6.07) is 19.3. The zero-order valence-corrected chi connectivity index (χ0v) is 11.7. The first kappa shape index (κ1) is 14.5. The third-order valence-electron chi connectivity index (χ3n) is 2.76. The predicted octanol–water partition coefficient (Wildman–Crippen LogP) is 1.53. The van der Waals surface area contributed by atoms with Crippen LogP contribution in [-0.4, -0.2) is 13.5 Å². The molecule has 0 spiro atoms. The molecule has 0 unspecified atom stereocenters. The molecule has 0 amide bonds. The van der Waals surface area contributed by atoms with E-state index in [1.807, 2.05) is 60.7 Å². The maximum Gasteiger partial charge on any atom is 0.244 e. The molecule has 20 heavy (non-hydrogen) atoms. The van der Waals surface area contributed by atoms with Gasteiger partial charge in [0, 0.05) is 13.1 Å². The van der Waals surface area contributed by atoms with Crippen LogP contribution in [0.2, 0.25) is 0 Å². The van der Waals surface area contributed by atoms with Gasteiger partial charge in [-0.25, -0.2) is 0 Å². The van der Waals surface area contributed by atoms with E-state index >= 15 is 0 Å². The van der Waals surface area contributed by atoms with Crippen molar-refractivity contribution in [3.63, 3.8) is 0 Å². The molecule has 0 fully saturated rings. The molecule has 0 aliphatic heterocycles. The fourth-order valence-electron chi connectivity index (χ4n) is 1.74. The van der Waals surface area contributed by atoms with E-state index < -0.39 is 10.3 Å². The molecular weight excluding hydrogens is 272 g/mol. The van der Waals surface area contributed by atoms with Crippen LogP contribution in [0.3, 0.4) is 0 Å². The first-order chi connectivity index (χ1) is 9.75. The predicted molar refractivity (Wildman–Crippen MR) is 80.5 cm³/mol.